The Morgan fingerprint density at radius 3 is 2.72 bits per heavy atom. The van der Waals surface area contributed by atoms with Gasteiger partial charge in [0.1, 0.15) is 5.82 Å². The van der Waals surface area contributed by atoms with Crippen molar-refractivity contribution in [2.24, 2.45) is 0 Å². The molecule has 0 saturated carbocycles. The van der Waals surface area contributed by atoms with Crippen LogP contribution < -0.4 is 10.2 Å². The van der Waals surface area contributed by atoms with Crippen molar-refractivity contribution in [1.29, 1.82) is 0 Å². The van der Waals surface area contributed by atoms with Crippen LogP contribution in [0.15, 0.2) is 10.6 Å². The van der Waals surface area contributed by atoms with E-state index in [1.54, 1.807) is 7.11 Å². The van der Waals surface area contributed by atoms with Crippen LogP contribution >= 0.6 is 0 Å². The summed E-state index contributed by atoms with van der Waals surface area (Å²) in [6.45, 7) is 12.1. The summed E-state index contributed by atoms with van der Waals surface area (Å²) in [5.41, 5.74) is 3.03. The summed E-state index contributed by atoms with van der Waals surface area (Å²) in [4.78, 5) is 11.6. The summed E-state index contributed by atoms with van der Waals surface area (Å²) in [6, 6.07) is 3.00. The van der Waals surface area contributed by atoms with E-state index in [0.717, 1.165) is 48.6 Å². The standard InChI is InChI=1S/C22H35N5O2.H2/c1-7-9-17(8-2)25-19-10-11-27(13-20(19)28-6)21-18(12-14(3)15(4)23-21)22-24-16(5)26-29-22;/h12,17,19-20,25H,7-11,13H2,1-6H3;1H/t17?,19-,20+;/m1./s1. The molecule has 1 unspecified atom stereocenters. The van der Waals surface area contributed by atoms with Crippen molar-refractivity contribution in [3.63, 3.8) is 0 Å². The molecule has 0 amide bonds. The average molecular weight is 404 g/mol. The molecule has 29 heavy (non-hydrogen) atoms. The maximum absolute atomic E-state index is 5.90. The molecule has 1 aliphatic rings. The van der Waals surface area contributed by atoms with Crippen LogP contribution in [0.1, 0.15) is 58.0 Å². The molecule has 0 bridgehead atoms. The monoisotopic (exact) mass is 403 g/mol. The van der Waals surface area contributed by atoms with Gasteiger partial charge in [-0.25, -0.2) is 4.98 Å². The molecule has 7 nitrogen and oxygen atoms in total. The van der Waals surface area contributed by atoms with Crippen LogP contribution in [0.5, 0.6) is 0 Å². The van der Waals surface area contributed by atoms with Crippen LogP contribution in [0.3, 0.4) is 0 Å². The topological polar surface area (TPSA) is 76.3 Å². The quantitative estimate of drug-likeness (QED) is 0.712. The van der Waals surface area contributed by atoms with Crippen LogP contribution in [0, 0.1) is 20.8 Å². The first-order chi connectivity index (χ1) is 14.0. The van der Waals surface area contributed by atoms with Crippen molar-refractivity contribution in [3.8, 4) is 11.5 Å². The molecule has 0 spiro atoms. The Morgan fingerprint density at radius 1 is 1.31 bits per heavy atom. The highest BCUT2D eigenvalue weighted by Gasteiger charge is 2.32. The normalized spacial score (nSPS) is 20.8. The number of nitrogens with one attached hydrogen (secondary N) is 1. The Labute approximate surface area is 175 Å². The molecule has 2 aromatic rings. The van der Waals surface area contributed by atoms with E-state index in [1.807, 2.05) is 13.8 Å². The summed E-state index contributed by atoms with van der Waals surface area (Å²) in [6.07, 6.45) is 4.66. The van der Waals surface area contributed by atoms with Gasteiger partial charge in [0.05, 0.1) is 11.7 Å². The molecule has 7 heteroatoms. The van der Waals surface area contributed by atoms with E-state index in [4.69, 9.17) is 14.2 Å². The number of hydrogen-bond acceptors (Lipinski definition) is 7. The van der Waals surface area contributed by atoms with Crippen LogP contribution in [-0.4, -0.2) is 53.5 Å². The molecule has 3 rings (SSSR count). The van der Waals surface area contributed by atoms with Gasteiger partial charge in [-0.15, -0.1) is 0 Å². The fraction of sp³-hybridized carbons (Fsp3) is 0.682. The zero-order valence-corrected chi connectivity index (χ0v) is 18.7. The Kier molecular flexibility index (Phi) is 7.24. The Morgan fingerprint density at radius 2 is 2.10 bits per heavy atom. The minimum Gasteiger partial charge on any atom is -0.378 e. The molecule has 1 fully saturated rings. The van der Waals surface area contributed by atoms with Crippen molar-refractivity contribution in [2.45, 2.75) is 78.5 Å². The molecule has 1 N–H and O–H groups in total. The van der Waals surface area contributed by atoms with E-state index in [9.17, 15) is 0 Å². The fourth-order valence-corrected chi connectivity index (χ4v) is 4.09. The van der Waals surface area contributed by atoms with Gasteiger partial charge in [-0.1, -0.05) is 25.4 Å². The second kappa shape index (κ2) is 9.67. The summed E-state index contributed by atoms with van der Waals surface area (Å²) in [7, 11) is 1.81. The van der Waals surface area contributed by atoms with Gasteiger partial charge in [-0.3, -0.25) is 0 Å². The zero-order chi connectivity index (χ0) is 21.0. The van der Waals surface area contributed by atoms with Gasteiger partial charge >= 0.3 is 0 Å². The lowest BCUT2D eigenvalue weighted by molar-refractivity contribution is 0.0548. The lowest BCUT2D eigenvalue weighted by Crippen LogP contribution is -2.56. The Balaban J connectivity index is 0.00000320. The first-order valence-corrected chi connectivity index (χ1v) is 10.8. The molecule has 2 aromatic heterocycles. The van der Waals surface area contributed by atoms with Gasteiger partial charge in [0, 0.05) is 39.4 Å². The molecular formula is C22H37N5O2. The van der Waals surface area contributed by atoms with E-state index in [2.05, 4.69) is 47.2 Å². The number of nitrogens with zero attached hydrogens (tertiary/aromatic N) is 4. The largest absolute Gasteiger partial charge is 0.378 e. The summed E-state index contributed by atoms with van der Waals surface area (Å²) in [5.74, 6) is 2.05. The van der Waals surface area contributed by atoms with Crippen LogP contribution in [-0.2, 0) is 4.74 Å². The SMILES string of the molecule is CCCC(CC)N[C@@H]1CCN(c2nc(C)c(C)cc2-c2nc(C)no2)C[C@@H]1OC.[HH]. The lowest BCUT2D eigenvalue weighted by Gasteiger charge is -2.40. The fourth-order valence-electron chi connectivity index (χ4n) is 4.09. The van der Waals surface area contributed by atoms with Gasteiger partial charge in [-0.2, -0.15) is 4.98 Å². The number of anilines is 1. The number of piperidine rings is 1. The van der Waals surface area contributed by atoms with E-state index in [-0.39, 0.29) is 7.53 Å². The first-order valence-electron chi connectivity index (χ1n) is 10.8. The van der Waals surface area contributed by atoms with Crippen LogP contribution in [0.2, 0.25) is 0 Å². The van der Waals surface area contributed by atoms with E-state index < -0.39 is 0 Å². The molecule has 0 aromatic carbocycles. The third kappa shape index (κ3) is 4.95. The molecule has 0 radical (unpaired) electrons. The highest BCUT2D eigenvalue weighted by molar-refractivity contribution is 5.71. The summed E-state index contributed by atoms with van der Waals surface area (Å²) >= 11 is 0. The Hall–Kier alpha value is -1.99. The molecule has 1 aliphatic heterocycles. The number of methoxy groups -OCH3 is 1. The number of hydrogen-bond donors (Lipinski definition) is 1. The number of aromatic nitrogens is 3. The van der Waals surface area contributed by atoms with Gasteiger partial charge < -0.3 is 19.5 Å². The molecule has 3 atom stereocenters. The van der Waals surface area contributed by atoms with Crippen molar-refractivity contribution in [1.82, 2.24) is 20.4 Å². The van der Waals surface area contributed by atoms with Crippen molar-refractivity contribution in [3.05, 3.63) is 23.1 Å². The third-order valence-corrected chi connectivity index (χ3v) is 5.95. The zero-order valence-electron chi connectivity index (χ0n) is 18.7. The van der Waals surface area contributed by atoms with Crippen molar-refractivity contribution >= 4 is 5.82 Å². The maximum atomic E-state index is 5.90. The van der Waals surface area contributed by atoms with Crippen LogP contribution in [0.25, 0.3) is 11.5 Å². The summed E-state index contributed by atoms with van der Waals surface area (Å²) in [5, 5.41) is 7.80. The highest BCUT2D eigenvalue weighted by Crippen LogP contribution is 2.32. The first kappa shape index (κ1) is 21.7. The number of rotatable bonds is 8. The predicted molar refractivity (Wildman–Crippen MR) is 117 cm³/mol. The van der Waals surface area contributed by atoms with Crippen molar-refractivity contribution < 1.29 is 10.7 Å². The lowest BCUT2D eigenvalue weighted by atomic mass is 9.98. The van der Waals surface area contributed by atoms with Gasteiger partial charge in [0.25, 0.3) is 5.89 Å². The van der Waals surface area contributed by atoms with Gasteiger partial charge in [0.2, 0.25) is 0 Å². The van der Waals surface area contributed by atoms with E-state index in [0.29, 0.717) is 23.8 Å². The van der Waals surface area contributed by atoms with Gasteiger partial charge in [0.15, 0.2) is 5.82 Å². The molecule has 162 valence electrons. The minimum atomic E-state index is 0. The predicted octanol–water partition coefficient (Wildman–Crippen LogP) is 4.06. The second-order valence-corrected chi connectivity index (χ2v) is 8.08. The van der Waals surface area contributed by atoms with Crippen LogP contribution in [0.4, 0.5) is 5.82 Å². The minimum absolute atomic E-state index is 0. The van der Waals surface area contributed by atoms with E-state index in [1.165, 1.54) is 12.8 Å². The van der Waals surface area contributed by atoms with Crippen molar-refractivity contribution in [2.75, 3.05) is 25.1 Å². The number of aryl methyl sites for hydroxylation is 3. The molecular weight excluding hydrogens is 366 g/mol. The molecule has 1 saturated heterocycles. The molecule has 0 aliphatic carbocycles. The highest BCUT2D eigenvalue weighted by atomic mass is 16.5. The maximum Gasteiger partial charge on any atom is 0.261 e. The van der Waals surface area contributed by atoms with E-state index >= 15 is 0 Å². The molecule has 3 heterocycles. The smallest absolute Gasteiger partial charge is 0.261 e. The second-order valence-electron chi connectivity index (χ2n) is 8.08. The number of ether oxygens (including phenoxy) is 1. The van der Waals surface area contributed by atoms with Gasteiger partial charge in [-0.05, 0) is 51.7 Å². The third-order valence-electron chi connectivity index (χ3n) is 5.95. The summed E-state index contributed by atoms with van der Waals surface area (Å²) < 4.78 is 11.4. The average Bonchev–Trinajstić information content (AvgIpc) is 3.15. The number of pyridine rings is 1. The Bertz CT molecular complexity index is 813.